The second kappa shape index (κ2) is 11.9. The van der Waals surface area contributed by atoms with Crippen molar-refractivity contribution in [2.75, 3.05) is 0 Å². The fourth-order valence-electron chi connectivity index (χ4n) is 7.45. The molecule has 2 aliphatic carbocycles. The lowest BCUT2D eigenvalue weighted by Gasteiger charge is -2.43. The molecule has 0 spiro atoms. The first-order chi connectivity index (χ1) is 18.4. The van der Waals surface area contributed by atoms with Gasteiger partial charge >= 0.3 is 7.12 Å². The van der Waals surface area contributed by atoms with Gasteiger partial charge in [0.2, 0.25) is 11.8 Å². The number of furan rings is 1. The second-order valence-electron chi connectivity index (χ2n) is 11.6. The van der Waals surface area contributed by atoms with Gasteiger partial charge < -0.3 is 19.2 Å². The first-order valence-corrected chi connectivity index (χ1v) is 14.8. The lowest BCUT2D eigenvalue weighted by molar-refractivity contribution is -0.143. The molecule has 1 aromatic heterocycles. The lowest BCUT2D eigenvalue weighted by atomic mass is 9.58. The number of aliphatic hydroxyl groups is 1. The van der Waals surface area contributed by atoms with Gasteiger partial charge in [-0.25, -0.2) is 0 Å². The fourth-order valence-corrected chi connectivity index (χ4v) is 7.45. The van der Waals surface area contributed by atoms with Crippen molar-refractivity contribution in [1.29, 1.82) is 0 Å². The number of likely N-dealkylation sites (tertiary alicyclic amines) is 1. The summed E-state index contributed by atoms with van der Waals surface area (Å²) < 4.78 is 11.8. The summed E-state index contributed by atoms with van der Waals surface area (Å²) in [6.45, 7) is 4.14. The molecular formula is C30H42BNO6. The highest BCUT2D eigenvalue weighted by atomic mass is 16.5. The van der Waals surface area contributed by atoms with Crippen molar-refractivity contribution < 1.29 is 28.8 Å². The molecule has 0 bridgehead atoms. The van der Waals surface area contributed by atoms with Gasteiger partial charge in [0.1, 0.15) is 18.1 Å². The number of carbonyl (C=O) groups is 2. The first kappa shape index (κ1) is 27.4. The number of rotatable bonds is 9. The SMILES string of the molecule is CCCC1=C2[C@@H](CC/C(=C/c3ccc(CO)o3)CC)OB(O)C[C@@H]2[C@@H]2C(=O)N(C3CCCCC3)C(=O)[C@@H]2C1. The van der Waals surface area contributed by atoms with Crippen molar-refractivity contribution in [2.24, 2.45) is 17.8 Å². The maximum Gasteiger partial charge on any atom is 0.455 e. The number of hydrogen-bond acceptors (Lipinski definition) is 6. The normalized spacial score (nSPS) is 28.8. The molecule has 206 valence electrons. The van der Waals surface area contributed by atoms with E-state index in [0.29, 0.717) is 24.9 Å². The number of imide groups is 1. The summed E-state index contributed by atoms with van der Waals surface area (Å²) >= 11 is 0. The summed E-state index contributed by atoms with van der Waals surface area (Å²) in [5.41, 5.74) is 3.65. The van der Waals surface area contributed by atoms with E-state index in [1.165, 1.54) is 23.1 Å². The highest BCUT2D eigenvalue weighted by Crippen LogP contribution is 2.52. The van der Waals surface area contributed by atoms with E-state index < -0.39 is 7.12 Å². The molecule has 38 heavy (non-hydrogen) atoms. The second-order valence-corrected chi connectivity index (χ2v) is 11.6. The predicted octanol–water partition coefficient (Wildman–Crippen LogP) is 5.28. The van der Waals surface area contributed by atoms with E-state index in [2.05, 4.69) is 13.8 Å². The highest BCUT2D eigenvalue weighted by molar-refractivity contribution is 6.43. The van der Waals surface area contributed by atoms with Gasteiger partial charge in [-0.05, 0) is 81.0 Å². The van der Waals surface area contributed by atoms with E-state index in [4.69, 9.17) is 9.07 Å². The molecule has 2 aliphatic heterocycles. The Hall–Kier alpha value is -2.16. The van der Waals surface area contributed by atoms with Gasteiger partial charge in [0, 0.05) is 6.04 Å². The molecule has 0 aromatic carbocycles. The third-order valence-corrected chi connectivity index (χ3v) is 9.20. The summed E-state index contributed by atoms with van der Waals surface area (Å²) in [5.74, 6) is 0.465. The van der Waals surface area contributed by atoms with Crippen molar-refractivity contribution in [3.05, 3.63) is 40.4 Å². The van der Waals surface area contributed by atoms with Crippen molar-refractivity contribution in [3.63, 3.8) is 0 Å². The third-order valence-electron chi connectivity index (χ3n) is 9.20. The van der Waals surface area contributed by atoms with Crippen LogP contribution in [0.4, 0.5) is 0 Å². The molecule has 1 aromatic rings. The Bertz CT molecular complexity index is 1090. The number of nitrogens with zero attached hydrogens (tertiary/aromatic N) is 1. The fraction of sp³-hybridized carbons (Fsp3) is 0.667. The minimum atomic E-state index is -0.937. The zero-order chi connectivity index (χ0) is 26.8. The summed E-state index contributed by atoms with van der Waals surface area (Å²) in [6, 6.07) is 3.68. The Labute approximate surface area is 226 Å². The number of aliphatic hydroxyl groups excluding tert-OH is 1. The summed E-state index contributed by atoms with van der Waals surface area (Å²) in [6.07, 6.45) is 12.1. The van der Waals surface area contributed by atoms with E-state index >= 15 is 0 Å². The largest absolute Gasteiger partial charge is 0.459 e. The van der Waals surface area contributed by atoms with Gasteiger partial charge in [0.05, 0.1) is 17.9 Å². The highest BCUT2D eigenvalue weighted by Gasteiger charge is 2.58. The minimum Gasteiger partial charge on any atom is -0.459 e. The Morgan fingerprint density at radius 2 is 1.92 bits per heavy atom. The van der Waals surface area contributed by atoms with E-state index in [1.54, 1.807) is 11.0 Å². The Balaban J connectivity index is 1.40. The van der Waals surface area contributed by atoms with Crippen LogP contribution in [0.15, 0.2) is 33.3 Å². The zero-order valence-electron chi connectivity index (χ0n) is 22.9. The molecule has 3 fully saturated rings. The molecule has 1 saturated carbocycles. The Morgan fingerprint density at radius 1 is 1.13 bits per heavy atom. The molecule has 5 rings (SSSR count). The van der Waals surface area contributed by atoms with Crippen LogP contribution in [0.3, 0.4) is 0 Å². The van der Waals surface area contributed by atoms with Crippen molar-refractivity contribution >= 4 is 25.0 Å². The summed E-state index contributed by atoms with van der Waals surface area (Å²) in [4.78, 5) is 29.1. The number of hydrogen-bond donors (Lipinski definition) is 2. The van der Waals surface area contributed by atoms with Crippen LogP contribution in [0.25, 0.3) is 6.08 Å². The van der Waals surface area contributed by atoms with Crippen molar-refractivity contribution in [3.8, 4) is 0 Å². The number of fused-ring (bicyclic) bond motifs is 3. The van der Waals surface area contributed by atoms with Crippen LogP contribution in [0.5, 0.6) is 0 Å². The first-order valence-electron chi connectivity index (χ1n) is 14.8. The predicted molar refractivity (Wildman–Crippen MR) is 146 cm³/mol. The maximum atomic E-state index is 13.8. The molecular weight excluding hydrogens is 481 g/mol. The van der Waals surface area contributed by atoms with Crippen molar-refractivity contribution in [2.45, 2.75) is 110 Å². The van der Waals surface area contributed by atoms with Crippen LogP contribution in [-0.4, -0.2) is 46.1 Å². The van der Waals surface area contributed by atoms with Gasteiger partial charge in [-0.1, -0.05) is 50.7 Å². The molecule has 4 atom stereocenters. The molecule has 7 nitrogen and oxygen atoms in total. The number of carbonyl (C=O) groups excluding carboxylic acids is 2. The molecule has 2 N–H and O–H groups in total. The number of amides is 2. The molecule has 4 aliphatic rings. The van der Waals surface area contributed by atoms with Gasteiger partial charge in [0.15, 0.2) is 0 Å². The van der Waals surface area contributed by atoms with E-state index in [9.17, 15) is 19.7 Å². The molecule has 0 radical (unpaired) electrons. The van der Waals surface area contributed by atoms with Gasteiger partial charge in [0.25, 0.3) is 0 Å². The molecule has 8 heteroatoms. The molecule has 2 saturated heterocycles. The van der Waals surface area contributed by atoms with Gasteiger partial charge in [-0.2, -0.15) is 0 Å². The zero-order valence-corrected chi connectivity index (χ0v) is 22.9. The number of allylic oxidation sites excluding steroid dienone is 2. The van der Waals surface area contributed by atoms with Crippen LogP contribution in [0, 0.1) is 17.8 Å². The third kappa shape index (κ3) is 5.32. The quantitative estimate of drug-likeness (QED) is 0.260. The monoisotopic (exact) mass is 523 g/mol. The summed E-state index contributed by atoms with van der Waals surface area (Å²) in [5, 5.41) is 20.1. The van der Waals surface area contributed by atoms with E-state index in [1.807, 2.05) is 12.1 Å². The molecule has 2 amide bonds. The average molecular weight is 523 g/mol. The average Bonchev–Trinajstić information content (AvgIpc) is 3.48. The Kier molecular flexibility index (Phi) is 8.61. The lowest BCUT2D eigenvalue weighted by Crippen LogP contribution is -2.46. The Morgan fingerprint density at radius 3 is 2.61 bits per heavy atom. The maximum absolute atomic E-state index is 13.8. The van der Waals surface area contributed by atoms with Crippen LogP contribution in [0.1, 0.15) is 96.0 Å². The molecule has 0 unspecified atom stereocenters. The van der Waals surface area contributed by atoms with Gasteiger partial charge in [-0.3, -0.25) is 14.5 Å². The topological polar surface area (TPSA) is 100 Å². The van der Waals surface area contributed by atoms with Gasteiger partial charge in [-0.15, -0.1) is 0 Å². The van der Waals surface area contributed by atoms with Crippen LogP contribution in [0.2, 0.25) is 6.32 Å². The smallest absolute Gasteiger partial charge is 0.455 e. The minimum absolute atomic E-state index is 0.00977. The standard InChI is InChI=1S/C30H42BNO6/c1-3-8-20-16-24-28(30(35)32(29(24)34)21-9-6-5-7-10-21)25-17-31(36)38-26(27(20)25)14-11-19(4-2)15-22-12-13-23(18-33)37-22/h12-13,15,21,24-26,28,33,36H,3-11,14,16-18H2,1-2H3/b19-15+/t24-,25+,26-,28-/m1/s1. The van der Waals surface area contributed by atoms with E-state index in [-0.39, 0.29) is 48.3 Å². The van der Waals surface area contributed by atoms with Crippen LogP contribution in [-0.2, 0) is 20.9 Å². The summed E-state index contributed by atoms with van der Waals surface area (Å²) in [7, 11) is -0.937. The van der Waals surface area contributed by atoms with E-state index in [0.717, 1.165) is 57.1 Å². The molecule has 3 heterocycles. The van der Waals surface area contributed by atoms with Crippen LogP contribution < -0.4 is 0 Å². The van der Waals surface area contributed by atoms with Crippen LogP contribution >= 0.6 is 0 Å². The van der Waals surface area contributed by atoms with Crippen molar-refractivity contribution in [1.82, 2.24) is 4.90 Å².